The van der Waals surface area contributed by atoms with E-state index in [0.717, 1.165) is 33.5 Å². The Labute approximate surface area is 186 Å². The molecule has 0 saturated heterocycles. The maximum Gasteiger partial charge on any atom is 0.175 e. The van der Waals surface area contributed by atoms with Crippen molar-refractivity contribution >= 4 is 33.2 Å². The van der Waals surface area contributed by atoms with Crippen LogP contribution in [0.3, 0.4) is 0 Å². The van der Waals surface area contributed by atoms with Crippen molar-refractivity contribution in [3.63, 3.8) is 0 Å². The minimum absolute atomic E-state index is 0.375. The molecule has 3 nitrogen and oxygen atoms in total. The number of hydrogen-bond donors (Lipinski definition) is 1. The predicted octanol–water partition coefficient (Wildman–Crippen LogP) is 7.25. The Kier molecular flexibility index (Phi) is 7.84. The summed E-state index contributed by atoms with van der Waals surface area (Å²) in [5, 5.41) is 4.22. The van der Waals surface area contributed by atoms with Crippen molar-refractivity contribution < 1.29 is 9.47 Å². The van der Waals surface area contributed by atoms with Gasteiger partial charge in [0.25, 0.3) is 0 Å². The van der Waals surface area contributed by atoms with Crippen molar-refractivity contribution in [3.05, 3.63) is 86.8 Å². The van der Waals surface area contributed by atoms with Crippen LogP contribution in [0.15, 0.2) is 65.1 Å². The van der Waals surface area contributed by atoms with Gasteiger partial charge in [-0.3, -0.25) is 0 Å². The second kappa shape index (κ2) is 10.6. The Morgan fingerprint density at radius 3 is 2.38 bits per heavy atom. The molecule has 0 heterocycles. The van der Waals surface area contributed by atoms with Gasteiger partial charge in [0, 0.05) is 22.8 Å². The number of para-hydroxylation sites is 1. The standard InChI is InChI=1S/C24H25BrClNO2/c1-3-18-9-6-8-12-22(18)27-15-17-13-20(25)24(23(14-17)28-4-2)29-16-19-10-5-7-11-21(19)26/h5-14,27H,3-4,15-16H2,1-2H3. The van der Waals surface area contributed by atoms with Crippen molar-refractivity contribution in [2.24, 2.45) is 0 Å². The summed E-state index contributed by atoms with van der Waals surface area (Å²) in [5.74, 6) is 1.40. The normalized spacial score (nSPS) is 10.6. The van der Waals surface area contributed by atoms with Gasteiger partial charge in [-0.1, -0.05) is 54.9 Å². The average molecular weight is 475 g/mol. The Bertz CT molecular complexity index is 961. The highest BCUT2D eigenvalue weighted by molar-refractivity contribution is 9.10. The van der Waals surface area contributed by atoms with Crippen LogP contribution in [0, 0.1) is 0 Å². The van der Waals surface area contributed by atoms with Gasteiger partial charge < -0.3 is 14.8 Å². The van der Waals surface area contributed by atoms with E-state index in [-0.39, 0.29) is 0 Å². The number of halogens is 2. The minimum atomic E-state index is 0.375. The fourth-order valence-electron chi connectivity index (χ4n) is 3.09. The lowest BCUT2D eigenvalue weighted by molar-refractivity contribution is 0.267. The van der Waals surface area contributed by atoms with E-state index in [1.54, 1.807) is 0 Å². The molecule has 0 fully saturated rings. The molecule has 0 atom stereocenters. The third-order valence-corrected chi connectivity index (χ3v) is 5.54. The molecule has 0 amide bonds. The number of ether oxygens (including phenoxy) is 2. The lowest BCUT2D eigenvalue weighted by Crippen LogP contribution is -2.05. The van der Waals surface area contributed by atoms with E-state index in [0.29, 0.717) is 30.5 Å². The van der Waals surface area contributed by atoms with E-state index in [1.165, 1.54) is 5.56 Å². The molecule has 0 bridgehead atoms. The third kappa shape index (κ3) is 5.68. The van der Waals surface area contributed by atoms with Crippen LogP contribution >= 0.6 is 27.5 Å². The van der Waals surface area contributed by atoms with Crippen LogP contribution in [0.4, 0.5) is 5.69 Å². The van der Waals surface area contributed by atoms with Crippen molar-refractivity contribution in [2.75, 3.05) is 11.9 Å². The smallest absolute Gasteiger partial charge is 0.175 e. The minimum Gasteiger partial charge on any atom is -0.490 e. The molecule has 0 aromatic heterocycles. The zero-order valence-electron chi connectivity index (χ0n) is 16.7. The van der Waals surface area contributed by atoms with Crippen LogP contribution < -0.4 is 14.8 Å². The summed E-state index contributed by atoms with van der Waals surface area (Å²) in [7, 11) is 0. The molecule has 0 unspecified atom stereocenters. The Morgan fingerprint density at radius 2 is 1.66 bits per heavy atom. The number of rotatable bonds is 9. The molecule has 3 rings (SSSR count). The number of benzene rings is 3. The molecule has 29 heavy (non-hydrogen) atoms. The summed E-state index contributed by atoms with van der Waals surface area (Å²) >= 11 is 9.90. The van der Waals surface area contributed by atoms with E-state index >= 15 is 0 Å². The number of aryl methyl sites for hydroxylation is 1. The second-order valence-corrected chi connectivity index (χ2v) is 7.84. The molecule has 1 N–H and O–H groups in total. The van der Waals surface area contributed by atoms with Gasteiger partial charge in [0.05, 0.1) is 11.1 Å². The molecule has 5 heteroatoms. The first-order valence-corrected chi connectivity index (χ1v) is 10.9. The monoisotopic (exact) mass is 473 g/mol. The first kappa shape index (κ1) is 21.5. The van der Waals surface area contributed by atoms with E-state index in [4.69, 9.17) is 21.1 Å². The van der Waals surface area contributed by atoms with E-state index < -0.39 is 0 Å². The summed E-state index contributed by atoms with van der Waals surface area (Å²) in [6.45, 7) is 5.76. The molecule has 3 aromatic rings. The summed E-state index contributed by atoms with van der Waals surface area (Å²) in [6.07, 6.45) is 0.992. The summed E-state index contributed by atoms with van der Waals surface area (Å²) in [4.78, 5) is 0. The third-order valence-electron chi connectivity index (χ3n) is 4.58. The average Bonchev–Trinajstić information content (AvgIpc) is 2.73. The first-order chi connectivity index (χ1) is 14.1. The highest BCUT2D eigenvalue weighted by atomic mass is 79.9. The molecule has 152 valence electrons. The molecule has 0 aliphatic rings. The van der Waals surface area contributed by atoms with Crippen molar-refractivity contribution in [2.45, 2.75) is 33.4 Å². The molecule has 3 aromatic carbocycles. The SMILES string of the molecule is CCOc1cc(CNc2ccccc2CC)cc(Br)c1OCc1ccccc1Cl. The maximum atomic E-state index is 6.25. The van der Waals surface area contributed by atoms with Gasteiger partial charge in [0.1, 0.15) is 6.61 Å². The molecular formula is C24H25BrClNO2. The molecule has 0 aliphatic carbocycles. The van der Waals surface area contributed by atoms with Gasteiger partial charge in [0.2, 0.25) is 0 Å². The zero-order valence-corrected chi connectivity index (χ0v) is 19.0. The number of nitrogens with one attached hydrogen (secondary N) is 1. The number of anilines is 1. The highest BCUT2D eigenvalue weighted by Gasteiger charge is 2.13. The molecule has 0 radical (unpaired) electrons. The summed E-state index contributed by atoms with van der Waals surface area (Å²) < 4.78 is 12.8. The lowest BCUT2D eigenvalue weighted by atomic mass is 10.1. The topological polar surface area (TPSA) is 30.5 Å². The molecule has 0 spiro atoms. The summed E-state index contributed by atoms with van der Waals surface area (Å²) in [6, 6.07) is 20.1. The van der Waals surface area contributed by atoms with Crippen LogP contribution in [0.1, 0.15) is 30.5 Å². The molecular weight excluding hydrogens is 450 g/mol. The lowest BCUT2D eigenvalue weighted by Gasteiger charge is -2.17. The quantitative estimate of drug-likeness (QED) is 0.354. The van der Waals surface area contributed by atoms with Crippen LogP contribution in [0.5, 0.6) is 11.5 Å². The fourth-order valence-corrected chi connectivity index (χ4v) is 3.88. The van der Waals surface area contributed by atoms with Crippen LogP contribution in [-0.2, 0) is 19.6 Å². The molecule has 0 aliphatic heterocycles. The Balaban J connectivity index is 1.77. The van der Waals surface area contributed by atoms with Gasteiger partial charge in [-0.15, -0.1) is 0 Å². The molecule has 0 saturated carbocycles. The van der Waals surface area contributed by atoms with Gasteiger partial charge >= 0.3 is 0 Å². The van der Waals surface area contributed by atoms with Gasteiger partial charge in [-0.2, -0.15) is 0 Å². The van der Waals surface area contributed by atoms with Gasteiger partial charge in [0.15, 0.2) is 11.5 Å². The highest BCUT2D eigenvalue weighted by Crippen LogP contribution is 2.38. The van der Waals surface area contributed by atoms with Crippen molar-refractivity contribution in [3.8, 4) is 11.5 Å². The largest absolute Gasteiger partial charge is 0.490 e. The maximum absolute atomic E-state index is 6.25. The van der Waals surface area contributed by atoms with Crippen molar-refractivity contribution in [1.29, 1.82) is 0 Å². The Hall–Kier alpha value is -2.17. The second-order valence-electron chi connectivity index (χ2n) is 6.58. The zero-order chi connectivity index (χ0) is 20.6. The van der Waals surface area contributed by atoms with Crippen LogP contribution in [-0.4, -0.2) is 6.61 Å². The predicted molar refractivity (Wildman–Crippen MR) is 124 cm³/mol. The van der Waals surface area contributed by atoms with Crippen molar-refractivity contribution in [1.82, 2.24) is 0 Å². The van der Waals surface area contributed by atoms with E-state index in [9.17, 15) is 0 Å². The van der Waals surface area contributed by atoms with E-state index in [1.807, 2.05) is 37.3 Å². The number of hydrogen-bond acceptors (Lipinski definition) is 3. The van der Waals surface area contributed by atoms with E-state index in [2.05, 4.69) is 58.5 Å². The Morgan fingerprint density at radius 1 is 0.931 bits per heavy atom. The van der Waals surface area contributed by atoms with Crippen LogP contribution in [0.2, 0.25) is 5.02 Å². The summed E-state index contributed by atoms with van der Waals surface area (Å²) in [5.41, 5.74) is 4.50. The van der Waals surface area contributed by atoms with Gasteiger partial charge in [-0.05, 0) is 64.7 Å². The van der Waals surface area contributed by atoms with Crippen LogP contribution in [0.25, 0.3) is 0 Å². The first-order valence-electron chi connectivity index (χ1n) is 9.75. The van der Waals surface area contributed by atoms with Gasteiger partial charge in [-0.25, -0.2) is 0 Å². The fraction of sp³-hybridized carbons (Fsp3) is 0.250.